The van der Waals surface area contributed by atoms with E-state index >= 15 is 0 Å². The van der Waals surface area contributed by atoms with Crippen molar-refractivity contribution in [1.29, 1.82) is 0 Å². The Labute approximate surface area is 144 Å². The summed E-state index contributed by atoms with van der Waals surface area (Å²) in [5.74, 6) is -2.24. The summed E-state index contributed by atoms with van der Waals surface area (Å²) in [5, 5.41) is 0. The lowest BCUT2D eigenvalue weighted by Gasteiger charge is -2.40. The lowest BCUT2D eigenvalue weighted by atomic mass is 9.89. The van der Waals surface area contributed by atoms with Crippen LogP contribution >= 0.6 is 0 Å². The zero-order valence-electron chi connectivity index (χ0n) is 13.8. The molecule has 1 aromatic rings. The molecule has 0 atom stereocenters. The van der Waals surface area contributed by atoms with E-state index in [2.05, 4.69) is 0 Å². The van der Waals surface area contributed by atoms with Gasteiger partial charge in [-0.15, -0.1) is 0 Å². The van der Waals surface area contributed by atoms with Gasteiger partial charge in [-0.1, -0.05) is 0 Å². The minimum absolute atomic E-state index is 0.129. The van der Waals surface area contributed by atoms with Crippen LogP contribution in [-0.4, -0.2) is 66.5 Å². The van der Waals surface area contributed by atoms with Crippen molar-refractivity contribution in [3.05, 3.63) is 35.4 Å². The monoisotopic (exact) mass is 353 g/mol. The van der Waals surface area contributed by atoms with Crippen molar-refractivity contribution in [3.63, 3.8) is 0 Å². The Hall–Kier alpha value is -2.06. The summed E-state index contributed by atoms with van der Waals surface area (Å²) in [6, 6.07) is 2.89. The average Bonchev–Trinajstić information content (AvgIpc) is 2.61. The highest BCUT2D eigenvalue weighted by Gasteiger charge is 2.40. The normalized spacial score (nSPS) is 20.4. The van der Waals surface area contributed by atoms with Gasteiger partial charge in [-0.2, -0.15) is 0 Å². The van der Waals surface area contributed by atoms with Gasteiger partial charge in [-0.05, 0) is 25.0 Å². The molecule has 0 spiro atoms. The zero-order valence-corrected chi connectivity index (χ0v) is 13.8. The van der Waals surface area contributed by atoms with Crippen molar-refractivity contribution in [2.45, 2.75) is 18.4 Å². The van der Waals surface area contributed by atoms with E-state index in [-0.39, 0.29) is 24.6 Å². The number of benzene rings is 1. The number of nitrogens with zero attached hydrogens (tertiary/aromatic N) is 2. The van der Waals surface area contributed by atoms with E-state index in [1.807, 2.05) is 0 Å². The van der Waals surface area contributed by atoms with E-state index in [0.717, 1.165) is 12.1 Å². The van der Waals surface area contributed by atoms with E-state index in [1.54, 1.807) is 4.90 Å². The highest BCUT2D eigenvalue weighted by molar-refractivity contribution is 5.94. The third-order valence-electron chi connectivity index (χ3n) is 4.83. The fraction of sp³-hybridized carbons (Fsp3) is 0.529. The Bertz CT molecular complexity index is 669. The van der Waals surface area contributed by atoms with Gasteiger partial charge < -0.3 is 20.3 Å². The molecule has 0 saturated carbocycles. The molecule has 2 N–H and O–H groups in total. The summed E-state index contributed by atoms with van der Waals surface area (Å²) in [5.41, 5.74) is 5.14. The molecular weight excluding hydrogens is 332 g/mol. The topological polar surface area (TPSA) is 75.9 Å². The van der Waals surface area contributed by atoms with Crippen LogP contribution in [0.2, 0.25) is 0 Å². The molecule has 1 aromatic carbocycles. The second-order valence-corrected chi connectivity index (χ2v) is 6.48. The summed E-state index contributed by atoms with van der Waals surface area (Å²) in [6.07, 6.45) is 0.956. The summed E-state index contributed by atoms with van der Waals surface area (Å²) < 4.78 is 32.0. The number of amides is 2. The van der Waals surface area contributed by atoms with Crippen LogP contribution in [0.15, 0.2) is 18.2 Å². The van der Waals surface area contributed by atoms with Crippen molar-refractivity contribution in [2.75, 3.05) is 39.4 Å². The molecule has 0 unspecified atom stereocenters. The van der Waals surface area contributed by atoms with Gasteiger partial charge in [0.25, 0.3) is 5.91 Å². The van der Waals surface area contributed by atoms with Crippen LogP contribution in [0.25, 0.3) is 0 Å². The molecule has 2 amide bonds. The van der Waals surface area contributed by atoms with E-state index in [1.165, 1.54) is 4.90 Å². The molecule has 0 aliphatic carbocycles. The van der Waals surface area contributed by atoms with Gasteiger partial charge in [0.05, 0.1) is 11.1 Å². The van der Waals surface area contributed by atoms with E-state index in [0.29, 0.717) is 45.2 Å². The molecule has 2 aliphatic heterocycles. The predicted molar refractivity (Wildman–Crippen MR) is 85.8 cm³/mol. The molecular formula is C17H21F2N3O3. The maximum Gasteiger partial charge on any atom is 0.256 e. The second kappa shape index (κ2) is 7.05. The molecule has 2 saturated heterocycles. The zero-order chi connectivity index (χ0) is 18.0. The first kappa shape index (κ1) is 17.8. The molecule has 25 heavy (non-hydrogen) atoms. The number of piperazine rings is 1. The van der Waals surface area contributed by atoms with Crippen molar-refractivity contribution in [1.82, 2.24) is 9.80 Å². The first-order chi connectivity index (χ1) is 11.9. The minimum Gasteiger partial charge on any atom is -0.381 e. The maximum absolute atomic E-state index is 13.8. The average molecular weight is 353 g/mol. The number of carbonyl (C=O) groups is 2. The van der Waals surface area contributed by atoms with Crippen molar-refractivity contribution < 1.29 is 23.1 Å². The van der Waals surface area contributed by atoms with Crippen LogP contribution in [-0.2, 0) is 9.53 Å². The standard InChI is InChI=1S/C17H21F2N3O3/c18-12-1-2-13(14(19)11-12)15(23)21-5-7-22(8-6-21)16(24)17(20)3-9-25-10-4-17/h1-2,11H,3-10,20H2. The quantitative estimate of drug-likeness (QED) is 0.852. The van der Waals surface area contributed by atoms with E-state index in [9.17, 15) is 18.4 Å². The molecule has 2 fully saturated rings. The first-order valence-electron chi connectivity index (χ1n) is 8.31. The van der Waals surface area contributed by atoms with Crippen molar-refractivity contribution >= 4 is 11.8 Å². The predicted octanol–water partition coefficient (Wildman–Crippen LogP) is 0.757. The van der Waals surface area contributed by atoms with Gasteiger partial charge >= 0.3 is 0 Å². The van der Waals surface area contributed by atoms with Crippen molar-refractivity contribution in [3.8, 4) is 0 Å². The number of rotatable bonds is 2. The Morgan fingerprint density at radius 2 is 1.64 bits per heavy atom. The third kappa shape index (κ3) is 3.64. The second-order valence-electron chi connectivity index (χ2n) is 6.48. The molecule has 0 bridgehead atoms. The summed E-state index contributed by atoms with van der Waals surface area (Å²) >= 11 is 0. The molecule has 0 aromatic heterocycles. The van der Waals surface area contributed by atoms with Crippen LogP contribution in [0.3, 0.4) is 0 Å². The lowest BCUT2D eigenvalue weighted by Crippen LogP contribution is -2.61. The smallest absolute Gasteiger partial charge is 0.256 e. The fourth-order valence-corrected chi connectivity index (χ4v) is 3.21. The largest absolute Gasteiger partial charge is 0.381 e. The Kier molecular flexibility index (Phi) is 5.01. The van der Waals surface area contributed by atoms with Crippen LogP contribution < -0.4 is 5.73 Å². The van der Waals surface area contributed by atoms with E-state index < -0.39 is 23.1 Å². The number of nitrogens with two attached hydrogens (primary N) is 1. The number of ether oxygens (including phenoxy) is 1. The Morgan fingerprint density at radius 1 is 1.04 bits per heavy atom. The third-order valence-corrected chi connectivity index (χ3v) is 4.83. The van der Waals surface area contributed by atoms with Crippen LogP contribution in [0.4, 0.5) is 8.78 Å². The molecule has 2 aliphatic rings. The van der Waals surface area contributed by atoms with Gasteiger partial charge in [0, 0.05) is 45.5 Å². The van der Waals surface area contributed by atoms with Gasteiger partial charge in [-0.3, -0.25) is 9.59 Å². The van der Waals surface area contributed by atoms with Gasteiger partial charge in [0.2, 0.25) is 5.91 Å². The number of hydrogen-bond donors (Lipinski definition) is 1. The Balaban J connectivity index is 1.61. The van der Waals surface area contributed by atoms with Crippen LogP contribution in [0, 0.1) is 11.6 Å². The summed E-state index contributed by atoms with van der Waals surface area (Å²) in [4.78, 5) is 28.2. The molecule has 6 nitrogen and oxygen atoms in total. The number of hydrogen-bond acceptors (Lipinski definition) is 4. The highest BCUT2D eigenvalue weighted by atomic mass is 19.1. The fourth-order valence-electron chi connectivity index (χ4n) is 3.21. The Morgan fingerprint density at radius 3 is 2.24 bits per heavy atom. The first-order valence-corrected chi connectivity index (χ1v) is 8.31. The molecule has 2 heterocycles. The van der Waals surface area contributed by atoms with Gasteiger partial charge in [-0.25, -0.2) is 8.78 Å². The molecule has 136 valence electrons. The lowest BCUT2D eigenvalue weighted by molar-refractivity contribution is -0.142. The molecule has 3 rings (SSSR count). The van der Waals surface area contributed by atoms with Gasteiger partial charge in [0.15, 0.2) is 0 Å². The van der Waals surface area contributed by atoms with E-state index in [4.69, 9.17) is 10.5 Å². The molecule has 8 heteroatoms. The minimum atomic E-state index is -0.909. The number of carbonyl (C=O) groups excluding carboxylic acids is 2. The summed E-state index contributed by atoms with van der Waals surface area (Å²) in [6.45, 7) is 2.18. The maximum atomic E-state index is 13.8. The molecule has 0 radical (unpaired) electrons. The van der Waals surface area contributed by atoms with Gasteiger partial charge in [0.1, 0.15) is 11.6 Å². The summed E-state index contributed by atoms with van der Waals surface area (Å²) in [7, 11) is 0. The van der Waals surface area contributed by atoms with Crippen LogP contribution in [0.5, 0.6) is 0 Å². The van der Waals surface area contributed by atoms with Crippen LogP contribution in [0.1, 0.15) is 23.2 Å². The highest BCUT2D eigenvalue weighted by Crippen LogP contribution is 2.22. The SMILES string of the molecule is NC1(C(=O)N2CCN(C(=O)c3ccc(F)cc3F)CC2)CCOCC1. The number of halogens is 2. The van der Waals surface area contributed by atoms with Crippen molar-refractivity contribution in [2.24, 2.45) is 5.73 Å².